The Labute approximate surface area is 96.9 Å². The molecule has 2 rings (SSSR count). The number of aryl methyl sites for hydroxylation is 1. The van der Waals surface area contributed by atoms with Crippen molar-refractivity contribution in [3.63, 3.8) is 0 Å². The second-order valence-electron chi connectivity index (χ2n) is 4.75. The van der Waals surface area contributed by atoms with Gasteiger partial charge in [-0.15, -0.1) is 0 Å². The maximum Gasteiger partial charge on any atom is 0.0629 e. The second kappa shape index (κ2) is 4.34. The van der Waals surface area contributed by atoms with Gasteiger partial charge in [0.05, 0.1) is 17.5 Å². The third kappa shape index (κ3) is 2.00. The quantitative estimate of drug-likeness (QED) is 0.747. The molecule has 1 aromatic rings. The second-order valence-corrected chi connectivity index (χ2v) is 4.75. The van der Waals surface area contributed by atoms with Crippen LogP contribution >= 0.6 is 0 Å². The smallest absolute Gasteiger partial charge is 0.0629 e. The van der Waals surface area contributed by atoms with E-state index in [-0.39, 0.29) is 6.10 Å². The number of nitrogens with zero attached hydrogens (tertiary/aromatic N) is 1. The van der Waals surface area contributed by atoms with Crippen molar-refractivity contribution < 1.29 is 5.11 Å². The molecule has 0 radical (unpaired) electrons. The van der Waals surface area contributed by atoms with Crippen LogP contribution in [0.3, 0.4) is 0 Å². The van der Waals surface area contributed by atoms with E-state index < -0.39 is 0 Å². The Kier molecular flexibility index (Phi) is 3.06. The van der Waals surface area contributed by atoms with Gasteiger partial charge in [-0.3, -0.25) is 0 Å². The van der Waals surface area contributed by atoms with E-state index in [1.54, 1.807) is 0 Å². The van der Waals surface area contributed by atoms with Crippen LogP contribution in [0.25, 0.3) is 0 Å². The van der Waals surface area contributed by atoms with Gasteiger partial charge in [0.25, 0.3) is 0 Å². The molecule has 0 bridgehead atoms. The molecule has 1 aliphatic heterocycles. The summed E-state index contributed by atoms with van der Waals surface area (Å²) in [5.74, 6) is 0.374. The van der Waals surface area contributed by atoms with Gasteiger partial charge in [-0.1, -0.05) is 12.1 Å². The van der Waals surface area contributed by atoms with Gasteiger partial charge in [-0.2, -0.15) is 0 Å². The predicted molar refractivity (Wildman–Crippen MR) is 67.6 cm³/mol. The molecular weight excluding hydrogens is 200 g/mol. The fourth-order valence-electron chi connectivity index (χ4n) is 2.50. The standard InChI is InChI=1S/C13H20N2O/c1-9-4-3-5-12(14)13(9)15-7-6-11(8-15)10(2)16/h3-5,10-11,16H,6-8,14H2,1-2H3. The lowest BCUT2D eigenvalue weighted by molar-refractivity contribution is 0.136. The molecule has 1 heterocycles. The topological polar surface area (TPSA) is 49.5 Å². The lowest BCUT2D eigenvalue weighted by Crippen LogP contribution is -2.25. The van der Waals surface area contributed by atoms with E-state index >= 15 is 0 Å². The SMILES string of the molecule is Cc1cccc(N)c1N1CCC(C(C)O)C1. The summed E-state index contributed by atoms with van der Waals surface area (Å²) >= 11 is 0. The Morgan fingerprint density at radius 2 is 2.25 bits per heavy atom. The highest BCUT2D eigenvalue weighted by Crippen LogP contribution is 2.32. The number of aliphatic hydroxyl groups excluding tert-OH is 1. The molecule has 16 heavy (non-hydrogen) atoms. The van der Waals surface area contributed by atoms with E-state index in [1.165, 1.54) is 5.56 Å². The first-order valence-corrected chi connectivity index (χ1v) is 5.87. The van der Waals surface area contributed by atoms with Crippen LogP contribution in [-0.4, -0.2) is 24.3 Å². The number of hydrogen-bond acceptors (Lipinski definition) is 3. The van der Waals surface area contributed by atoms with E-state index in [0.717, 1.165) is 30.9 Å². The van der Waals surface area contributed by atoms with E-state index in [4.69, 9.17) is 5.73 Å². The van der Waals surface area contributed by atoms with Crippen LogP contribution in [0, 0.1) is 12.8 Å². The highest BCUT2D eigenvalue weighted by atomic mass is 16.3. The lowest BCUT2D eigenvalue weighted by atomic mass is 10.0. The van der Waals surface area contributed by atoms with Crippen molar-refractivity contribution in [1.82, 2.24) is 0 Å². The van der Waals surface area contributed by atoms with Crippen LogP contribution in [0.4, 0.5) is 11.4 Å². The average molecular weight is 220 g/mol. The van der Waals surface area contributed by atoms with Gasteiger partial charge in [0.15, 0.2) is 0 Å². The molecule has 2 unspecified atom stereocenters. The maximum absolute atomic E-state index is 9.60. The molecule has 3 heteroatoms. The third-order valence-electron chi connectivity index (χ3n) is 3.49. The molecule has 1 aromatic carbocycles. The number of nitrogen functional groups attached to an aromatic ring is 1. The first-order valence-electron chi connectivity index (χ1n) is 5.87. The summed E-state index contributed by atoms with van der Waals surface area (Å²) in [6.07, 6.45) is 0.820. The molecule has 3 N–H and O–H groups in total. The Hall–Kier alpha value is -1.22. The van der Waals surface area contributed by atoms with Gasteiger partial charge in [0.1, 0.15) is 0 Å². The summed E-state index contributed by atoms with van der Waals surface area (Å²) in [5, 5.41) is 9.60. The molecule has 1 fully saturated rings. The van der Waals surface area contributed by atoms with Gasteiger partial charge >= 0.3 is 0 Å². The number of benzene rings is 1. The Morgan fingerprint density at radius 3 is 2.81 bits per heavy atom. The molecule has 0 spiro atoms. The van der Waals surface area contributed by atoms with Crippen molar-refractivity contribution >= 4 is 11.4 Å². The van der Waals surface area contributed by atoms with E-state index in [9.17, 15) is 5.11 Å². The summed E-state index contributed by atoms with van der Waals surface area (Å²) in [6.45, 7) is 5.86. The van der Waals surface area contributed by atoms with Crippen LogP contribution in [0.2, 0.25) is 0 Å². The van der Waals surface area contributed by atoms with E-state index in [2.05, 4.69) is 17.9 Å². The lowest BCUT2D eigenvalue weighted by Gasteiger charge is -2.23. The van der Waals surface area contributed by atoms with E-state index in [1.807, 2.05) is 19.1 Å². The highest BCUT2D eigenvalue weighted by molar-refractivity contribution is 5.71. The molecule has 88 valence electrons. The third-order valence-corrected chi connectivity index (χ3v) is 3.49. The molecule has 2 atom stereocenters. The fraction of sp³-hybridized carbons (Fsp3) is 0.538. The normalized spacial score (nSPS) is 22.4. The summed E-state index contributed by atoms with van der Waals surface area (Å²) in [4.78, 5) is 2.29. The predicted octanol–water partition coefficient (Wildman–Crippen LogP) is 1.78. The van der Waals surface area contributed by atoms with E-state index in [0.29, 0.717) is 5.92 Å². The summed E-state index contributed by atoms with van der Waals surface area (Å²) in [5.41, 5.74) is 9.22. The van der Waals surface area contributed by atoms with Crippen molar-refractivity contribution in [2.45, 2.75) is 26.4 Å². The van der Waals surface area contributed by atoms with Crippen molar-refractivity contribution in [3.8, 4) is 0 Å². The average Bonchev–Trinajstić information content (AvgIpc) is 2.66. The monoisotopic (exact) mass is 220 g/mol. The molecule has 3 nitrogen and oxygen atoms in total. The van der Waals surface area contributed by atoms with Crippen molar-refractivity contribution in [3.05, 3.63) is 23.8 Å². The van der Waals surface area contributed by atoms with Crippen molar-refractivity contribution in [1.29, 1.82) is 0 Å². The zero-order valence-corrected chi connectivity index (χ0v) is 9.98. The fourth-order valence-corrected chi connectivity index (χ4v) is 2.50. The number of aliphatic hydroxyl groups is 1. The van der Waals surface area contributed by atoms with Crippen molar-refractivity contribution in [2.24, 2.45) is 5.92 Å². The van der Waals surface area contributed by atoms with Crippen LogP contribution < -0.4 is 10.6 Å². The van der Waals surface area contributed by atoms with Gasteiger partial charge in [0.2, 0.25) is 0 Å². The molecule has 0 aromatic heterocycles. The summed E-state index contributed by atoms with van der Waals surface area (Å²) < 4.78 is 0. The van der Waals surface area contributed by atoms with Gasteiger partial charge in [0, 0.05) is 19.0 Å². The van der Waals surface area contributed by atoms with Gasteiger partial charge < -0.3 is 15.7 Å². The van der Waals surface area contributed by atoms with Crippen LogP contribution in [0.15, 0.2) is 18.2 Å². The van der Waals surface area contributed by atoms with Gasteiger partial charge in [-0.05, 0) is 31.9 Å². The molecule has 1 aliphatic rings. The largest absolute Gasteiger partial charge is 0.397 e. The molecular formula is C13H20N2O. The van der Waals surface area contributed by atoms with Crippen molar-refractivity contribution in [2.75, 3.05) is 23.7 Å². The van der Waals surface area contributed by atoms with Gasteiger partial charge in [-0.25, -0.2) is 0 Å². The highest BCUT2D eigenvalue weighted by Gasteiger charge is 2.27. The minimum absolute atomic E-state index is 0.227. The first kappa shape index (κ1) is 11.3. The summed E-state index contributed by atoms with van der Waals surface area (Å²) in [6, 6.07) is 6.01. The molecule has 0 saturated carbocycles. The Bertz CT molecular complexity index is 356. The molecule has 0 amide bonds. The maximum atomic E-state index is 9.60. The van der Waals surface area contributed by atoms with Crippen LogP contribution in [0.5, 0.6) is 0 Å². The number of para-hydroxylation sites is 1. The van der Waals surface area contributed by atoms with Crippen LogP contribution in [0.1, 0.15) is 18.9 Å². The van der Waals surface area contributed by atoms with Crippen LogP contribution in [-0.2, 0) is 0 Å². The first-order chi connectivity index (χ1) is 7.59. The number of rotatable bonds is 2. The Morgan fingerprint density at radius 1 is 1.50 bits per heavy atom. The minimum Gasteiger partial charge on any atom is -0.397 e. The number of hydrogen-bond donors (Lipinski definition) is 2. The number of nitrogens with two attached hydrogens (primary N) is 1. The minimum atomic E-state index is -0.227. The molecule has 0 aliphatic carbocycles. The zero-order chi connectivity index (χ0) is 11.7. The number of anilines is 2. The molecule has 1 saturated heterocycles. The Balaban J connectivity index is 2.20. The summed E-state index contributed by atoms with van der Waals surface area (Å²) in [7, 11) is 0. The zero-order valence-electron chi connectivity index (χ0n) is 9.98.